The Balaban J connectivity index is 1.64. The lowest BCUT2D eigenvalue weighted by Gasteiger charge is -2.24. The number of benzene rings is 1. The molecule has 0 N–H and O–H groups in total. The van der Waals surface area contributed by atoms with E-state index in [0.717, 1.165) is 46.7 Å². The van der Waals surface area contributed by atoms with Gasteiger partial charge in [0.1, 0.15) is 11.9 Å². The number of hydrogen-bond donors (Lipinski definition) is 0. The number of carbonyl (C=O) groups excluding carboxylic acids is 1. The minimum absolute atomic E-state index is 0.0929. The van der Waals surface area contributed by atoms with Crippen LogP contribution in [0.25, 0.3) is 10.9 Å². The maximum atomic E-state index is 12.7. The number of anilines is 1. The number of nitriles is 1. The van der Waals surface area contributed by atoms with Gasteiger partial charge in [-0.05, 0) is 48.9 Å². The van der Waals surface area contributed by atoms with E-state index in [1.54, 1.807) is 0 Å². The van der Waals surface area contributed by atoms with E-state index in [1.165, 1.54) is 16.9 Å². The predicted molar refractivity (Wildman–Crippen MR) is 113 cm³/mol. The van der Waals surface area contributed by atoms with Gasteiger partial charge in [0.15, 0.2) is 0 Å². The summed E-state index contributed by atoms with van der Waals surface area (Å²) in [7, 11) is 0. The Kier molecular flexibility index (Phi) is 5.01. The smallest absolute Gasteiger partial charge is 0.263 e. The fourth-order valence-corrected chi connectivity index (χ4v) is 4.38. The van der Waals surface area contributed by atoms with Crippen molar-refractivity contribution in [2.24, 2.45) is 0 Å². The van der Waals surface area contributed by atoms with E-state index in [4.69, 9.17) is 4.98 Å². The summed E-state index contributed by atoms with van der Waals surface area (Å²) >= 11 is 1.48. The Morgan fingerprint density at radius 3 is 2.79 bits per heavy atom. The summed E-state index contributed by atoms with van der Waals surface area (Å²) in [4.78, 5) is 22.4. The zero-order valence-corrected chi connectivity index (χ0v) is 16.9. The predicted octanol–water partition coefficient (Wildman–Crippen LogP) is 4.14. The third-order valence-corrected chi connectivity index (χ3v) is 6.28. The van der Waals surface area contributed by atoms with Crippen LogP contribution in [0.5, 0.6) is 0 Å². The maximum Gasteiger partial charge on any atom is 0.263 e. The number of carbonyl (C=O) groups is 1. The lowest BCUT2D eigenvalue weighted by Crippen LogP contribution is -2.35. The van der Waals surface area contributed by atoms with Gasteiger partial charge >= 0.3 is 0 Å². The monoisotopic (exact) mass is 390 g/mol. The van der Waals surface area contributed by atoms with Gasteiger partial charge in [0.25, 0.3) is 5.91 Å². The number of rotatable bonds is 2. The number of hydrogen-bond acceptors (Lipinski definition) is 5. The van der Waals surface area contributed by atoms with Gasteiger partial charge in [-0.1, -0.05) is 18.2 Å². The fraction of sp³-hybridized carbons (Fsp3) is 0.318. The van der Waals surface area contributed by atoms with Crippen molar-refractivity contribution in [2.45, 2.75) is 20.3 Å². The summed E-state index contributed by atoms with van der Waals surface area (Å²) in [6.45, 7) is 6.97. The SMILES string of the molecule is Cc1ccc2cc(C#N)c(N3CCCN(C(=O)c4cccs4)CC3)nc2c1C. The first kappa shape index (κ1) is 18.5. The summed E-state index contributed by atoms with van der Waals surface area (Å²) in [5.74, 6) is 0.824. The van der Waals surface area contributed by atoms with Crippen LogP contribution in [0.1, 0.15) is 32.8 Å². The second kappa shape index (κ2) is 7.61. The first-order valence-electron chi connectivity index (χ1n) is 9.47. The molecule has 1 aliphatic heterocycles. The molecule has 0 bridgehead atoms. The van der Waals surface area contributed by atoms with E-state index in [2.05, 4.69) is 30.9 Å². The Bertz CT molecular complexity index is 1070. The molecule has 1 saturated heterocycles. The van der Waals surface area contributed by atoms with Crippen LogP contribution in [0.3, 0.4) is 0 Å². The Morgan fingerprint density at radius 1 is 1.18 bits per heavy atom. The molecule has 28 heavy (non-hydrogen) atoms. The van der Waals surface area contributed by atoms with Crippen molar-refractivity contribution < 1.29 is 4.79 Å². The molecule has 6 heteroatoms. The van der Waals surface area contributed by atoms with Gasteiger partial charge in [-0.15, -0.1) is 11.3 Å². The second-order valence-corrected chi connectivity index (χ2v) is 8.11. The van der Waals surface area contributed by atoms with E-state index in [1.807, 2.05) is 34.5 Å². The average molecular weight is 391 g/mol. The van der Waals surface area contributed by atoms with Gasteiger partial charge in [0.2, 0.25) is 0 Å². The minimum atomic E-state index is 0.0929. The van der Waals surface area contributed by atoms with Crippen molar-refractivity contribution in [1.29, 1.82) is 5.26 Å². The van der Waals surface area contributed by atoms with E-state index in [0.29, 0.717) is 18.7 Å². The molecule has 3 aromatic rings. The van der Waals surface area contributed by atoms with Gasteiger partial charge < -0.3 is 9.80 Å². The van der Waals surface area contributed by atoms with E-state index >= 15 is 0 Å². The molecule has 0 radical (unpaired) electrons. The van der Waals surface area contributed by atoms with Crippen LogP contribution in [0.4, 0.5) is 5.82 Å². The molecular formula is C22H22N4OS. The third kappa shape index (κ3) is 3.34. The Labute approximate surface area is 168 Å². The summed E-state index contributed by atoms with van der Waals surface area (Å²) in [6.07, 6.45) is 0.856. The van der Waals surface area contributed by atoms with Crippen molar-refractivity contribution in [3.05, 3.63) is 57.3 Å². The highest BCUT2D eigenvalue weighted by atomic mass is 32.1. The van der Waals surface area contributed by atoms with E-state index in [9.17, 15) is 10.1 Å². The highest BCUT2D eigenvalue weighted by Crippen LogP contribution is 2.27. The molecule has 0 spiro atoms. The van der Waals surface area contributed by atoms with Gasteiger partial charge in [-0.3, -0.25) is 4.79 Å². The van der Waals surface area contributed by atoms with Gasteiger partial charge in [0.05, 0.1) is 16.0 Å². The first-order chi connectivity index (χ1) is 13.6. The molecule has 1 amide bonds. The largest absolute Gasteiger partial charge is 0.354 e. The lowest BCUT2D eigenvalue weighted by atomic mass is 10.0. The maximum absolute atomic E-state index is 12.7. The van der Waals surface area contributed by atoms with Crippen LogP contribution in [-0.4, -0.2) is 42.0 Å². The van der Waals surface area contributed by atoms with Crippen molar-refractivity contribution in [3.63, 3.8) is 0 Å². The summed E-state index contributed by atoms with van der Waals surface area (Å²) < 4.78 is 0. The standard InChI is InChI=1S/C22H22N4OS/c1-15-6-7-17-13-18(14-23)21(24-20(17)16(15)2)25-8-4-9-26(11-10-25)22(27)19-5-3-12-28-19/h3,5-7,12-13H,4,8-11H2,1-2H3. The van der Waals surface area contributed by atoms with E-state index < -0.39 is 0 Å². The molecular weight excluding hydrogens is 368 g/mol. The molecule has 5 nitrogen and oxygen atoms in total. The minimum Gasteiger partial charge on any atom is -0.354 e. The lowest BCUT2D eigenvalue weighted by molar-refractivity contribution is 0.0772. The second-order valence-electron chi connectivity index (χ2n) is 7.16. The van der Waals surface area contributed by atoms with Crippen LogP contribution in [-0.2, 0) is 0 Å². The Hall–Kier alpha value is -2.91. The number of thiophene rings is 1. The number of aromatic nitrogens is 1. The van der Waals surface area contributed by atoms with Crippen LogP contribution in [0, 0.1) is 25.2 Å². The van der Waals surface area contributed by atoms with Crippen molar-refractivity contribution in [3.8, 4) is 6.07 Å². The third-order valence-electron chi connectivity index (χ3n) is 5.43. The van der Waals surface area contributed by atoms with Gasteiger partial charge in [0, 0.05) is 31.6 Å². The molecule has 4 rings (SSSR count). The number of fused-ring (bicyclic) bond motifs is 1. The zero-order valence-electron chi connectivity index (χ0n) is 16.1. The van der Waals surface area contributed by atoms with Gasteiger partial charge in [-0.25, -0.2) is 4.98 Å². The number of amides is 1. The highest BCUT2D eigenvalue weighted by Gasteiger charge is 2.23. The topological polar surface area (TPSA) is 60.2 Å². The summed E-state index contributed by atoms with van der Waals surface area (Å²) in [5.41, 5.74) is 3.88. The van der Waals surface area contributed by atoms with Crippen LogP contribution < -0.4 is 4.90 Å². The first-order valence-corrected chi connectivity index (χ1v) is 10.3. The molecule has 1 fully saturated rings. The molecule has 142 valence electrons. The molecule has 0 saturated carbocycles. The van der Waals surface area contributed by atoms with Crippen LogP contribution >= 0.6 is 11.3 Å². The average Bonchev–Trinajstić information content (AvgIpc) is 3.14. The van der Waals surface area contributed by atoms with Crippen LogP contribution in [0.15, 0.2) is 35.7 Å². The molecule has 1 aromatic carbocycles. The van der Waals surface area contributed by atoms with Gasteiger partial charge in [-0.2, -0.15) is 5.26 Å². The molecule has 0 aliphatic carbocycles. The van der Waals surface area contributed by atoms with Crippen molar-refractivity contribution in [2.75, 3.05) is 31.1 Å². The Morgan fingerprint density at radius 2 is 2.04 bits per heavy atom. The normalized spacial score (nSPS) is 14.8. The fourth-order valence-electron chi connectivity index (χ4n) is 3.68. The summed E-state index contributed by atoms with van der Waals surface area (Å²) in [5, 5.41) is 12.6. The molecule has 0 atom stereocenters. The summed E-state index contributed by atoms with van der Waals surface area (Å²) in [6, 6.07) is 12.1. The molecule has 1 aliphatic rings. The number of aryl methyl sites for hydroxylation is 2. The number of pyridine rings is 1. The zero-order chi connectivity index (χ0) is 19.7. The molecule has 0 unspecified atom stereocenters. The van der Waals surface area contributed by atoms with Crippen molar-refractivity contribution >= 4 is 34.0 Å². The quantitative estimate of drug-likeness (QED) is 0.660. The highest BCUT2D eigenvalue weighted by molar-refractivity contribution is 7.12. The van der Waals surface area contributed by atoms with Crippen molar-refractivity contribution in [1.82, 2.24) is 9.88 Å². The number of nitrogens with zero attached hydrogens (tertiary/aromatic N) is 4. The molecule has 3 heterocycles. The van der Waals surface area contributed by atoms with Crippen LogP contribution in [0.2, 0.25) is 0 Å². The van der Waals surface area contributed by atoms with E-state index in [-0.39, 0.29) is 5.91 Å². The molecule has 2 aromatic heterocycles.